The van der Waals surface area contributed by atoms with Crippen LogP contribution in [0.5, 0.6) is 0 Å². The first kappa shape index (κ1) is 26.3. The molecule has 0 unspecified atom stereocenters. The first-order chi connectivity index (χ1) is 15.8. The molecule has 0 radical (unpaired) electrons. The number of benzene rings is 2. The van der Waals surface area contributed by atoms with E-state index >= 15 is 0 Å². The van der Waals surface area contributed by atoms with Crippen LogP contribution >= 0.6 is 31.9 Å². The molecule has 14 heteroatoms. The normalized spacial score (nSPS) is 18.5. The Kier molecular flexibility index (Phi) is 7.81. The Morgan fingerprint density at radius 2 is 1.94 bits per heavy atom. The number of nitrogens with zero attached hydrogens (tertiary/aromatic N) is 3. The highest BCUT2D eigenvalue weighted by atomic mass is 79.9. The zero-order valence-electron chi connectivity index (χ0n) is 17.1. The van der Waals surface area contributed by atoms with Gasteiger partial charge >= 0.3 is 12.3 Å². The smallest absolute Gasteiger partial charge is 0.418 e. The second kappa shape index (κ2) is 10.1. The molecule has 0 aromatic heterocycles. The van der Waals surface area contributed by atoms with E-state index in [4.69, 9.17) is 0 Å². The van der Waals surface area contributed by atoms with Crippen molar-refractivity contribution in [2.24, 2.45) is 0 Å². The molecule has 0 spiro atoms. The zero-order valence-corrected chi connectivity index (χ0v) is 21.1. The zero-order chi connectivity index (χ0) is 25.3. The minimum atomic E-state index is -4.79. The maximum absolute atomic E-state index is 13.4. The van der Waals surface area contributed by atoms with Gasteiger partial charge in [0.05, 0.1) is 28.7 Å². The number of nitrogens with one attached hydrogen (secondary N) is 1. The number of likely N-dealkylation sites (tertiary alicyclic amines) is 1. The second-order valence-corrected chi connectivity index (χ2v) is 10.9. The monoisotopic (exact) mass is 624 g/mol. The average Bonchev–Trinajstić information content (AvgIpc) is 3.13. The molecule has 1 aliphatic rings. The summed E-state index contributed by atoms with van der Waals surface area (Å²) in [5.41, 5.74) is -1.70. The van der Waals surface area contributed by atoms with Crippen LogP contribution in [0.2, 0.25) is 0 Å². The number of carbonyl (C=O) groups is 1. The standard InChI is InChI=1S/C20H17Br2F3N4O4S/c21-12-5-6-16(22)18(7-12)34(32,33)27-13-8-14(28(9-13)11-26)10-29(19(30)31)17-4-2-1-3-15(17)20(23,24)25/h1-7,13-14,27H,8-10H2,(H,30,31)/t13-,14-/m1/s1. The highest BCUT2D eigenvalue weighted by Gasteiger charge is 2.40. The van der Waals surface area contributed by atoms with Gasteiger partial charge in [-0.25, -0.2) is 17.9 Å². The van der Waals surface area contributed by atoms with Crippen LogP contribution in [-0.4, -0.2) is 49.7 Å². The number of halogens is 5. The maximum atomic E-state index is 13.4. The molecule has 1 heterocycles. The Morgan fingerprint density at radius 1 is 1.26 bits per heavy atom. The van der Waals surface area contributed by atoms with Crippen molar-refractivity contribution in [1.29, 1.82) is 5.26 Å². The molecule has 1 fully saturated rings. The van der Waals surface area contributed by atoms with Crippen LogP contribution in [0.1, 0.15) is 12.0 Å². The minimum absolute atomic E-state index is 0.0103. The molecule has 2 aromatic carbocycles. The summed E-state index contributed by atoms with van der Waals surface area (Å²) in [4.78, 5) is 13.5. The quantitative estimate of drug-likeness (QED) is 0.453. The number of hydrogen-bond donors (Lipinski definition) is 2. The molecule has 3 rings (SSSR count). The Morgan fingerprint density at radius 3 is 2.56 bits per heavy atom. The summed E-state index contributed by atoms with van der Waals surface area (Å²) >= 11 is 6.39. The Balaban J connectivity index is 1.84. The SMILES string of the molecule is N#CN1C[C@H](NS(=O)(=O)c2cc(Br)ccc2Br)C[C@@H]1CN(C(=O)O)c1ccccc1C(F)(F)F. The average molecular weight is 626 g/mol. The molecule has 1 aliphatic heterocycles. The number of anilines is 1. The molecule has 2 aromatic rings. The molecule has 34 heavy (non-hydrogen) atoms. The highest BCUT2D eigenvalue weighted by Crippen LogP contribution is 2.37. The molecule has 0 aliphatic carbocycles. The van der Waals surface area contributed by atoms with Gasteiger partial charge in [-0.2, -0.15) is 18.4 Å². The van der Waals surface area contributed by atoms with Crippen molar-refractivity contribution in [2.75, 3.05) is 18.0 Å². The van der Waals surface area contributed by atoms with Crippen LogP contribution in [0.4, 0.5) is 23.7 Å². The highest BCUT2D eigenvalue weighted by molar-refractivity contribution is 9.11. The third-order valence-corrected chi connectivity index (χ3v) is 8.18. The molecule has 0 bridgehead atoms. The van der Waals surface area contributed by atoms with Crippen molar-refractivity contribution >= 4 is 53.7 Å². The van der Waals surface area contributed by atoms with Gasteiger partial charge in [-0.05, 0) is 52.7 Å². The van der Waals surface area contributed by atoms with E-state index in [0.29, 0.717) is 13.8 Å². The largest absolute Gasteiger partial charge is 0.465 e. The van der Waals surface area contributed by atoms with Gasteiger partial charge in [-0.3, -0.25) is 4.90 Å². The Bertz CT molecular complexity index is 1240. The van der Waals surface area contributed by atoms with Crippen LogP contribution in [0.3, 0.4) is 0 Å². The van der Waals surface area contributed by atoms with E-state index in [9.17, 15) is 36.8 Å². The van der Waals surface area contributed by atoms with Crippen LogP contribution in [-0.2, 0) is 16.2 Å². The lowest BCUT2D eigenvalue weighted by molar-refractivity contribution is -0.137. The van der Waals surface area contributed by atoms with E-state index in [2.05, 4.69) is 36.6 Å². The van der Waals surface area contributed by atoms with Crippen molar-refractivity contribution in [1.82, 2.24) is 9.62 Å². The number of hydrogen-bond acceptors (Lipinski definition) is 5. The summed E-state index contributed by atoms with van der Waals surface area (Å²) in [5, 5.41) is 19.1. The number of nitriles is 1. The van der Waals surface area contributed by atoms with E-state index in [0.717, 1.165) is 23.1 Å². The second-order valence-electron chi connectivity index (χ2n) is 7.44. The van der Waals surface area contributed by atoms with E-state index in [1.165, 1.54) is 12.1 Å². The summed E-state index contributed by atoms with van der Waals surface area (Å²) in [6.07, 6.45) is -4.53. The van der Waals surface area contributed by atoms with Crippen LogP contribution in [0, 0.1) is 11.5 Å². The first-order valence-electron chi connectivity index (χ1n) is 9.64. The molecular weight excluding hydrogens is 609 g/mol. The summed E-state index contributed by atoms with van der Waals surface area (Å²) in [7, 11) is -4.02. The number of alkyl halides is 3. The number of sulfonamides is 1. The van der Waals surface area contributed by atoms with E-state index < -0.39 is 52.2 Å². The van der Waals surface area contributed by atoms with E-state index in [-0.39, 0.29) is 17.9 Å². The number of carboxylic acid groups (broad SMARTS) is 1. The molecule has 2 atom stereocenters. The fourth-order valence-electron chi connectivity index (χ4n) is 3.70. The van der Waals surface area contributed by atoms with E-state index in [1.807, 2.05) is 6.19 Å². The Labute approximate surface area is 210 Å². The summed E-state index contributed by atoms with van der Waals surface area (Å²) in [6.45, 7) is -0.533. The maximum Gasteiger partial charge on any atom is 0.418 e. The van der Waals surface area contributed by atoms with Crippen molar-refractivity contribution < 1.29 is 31.5 Å². The molecule has 1 saturated heterocycles. The topological polar surface area (TPSA) is 114 Å². The fraction of sp³-hybridized carbons (Fsp3) is 0.300. The summed E-state index contributed by atoms with van der Waals surface area (Å²) in [6, 6.07) is 7.20. The van der Waals surface area contributed by atoms with Gasteiger partial charge in [-0.1, -0.05) is 28.1 Å². The lowest BCUT2D eigenvalue weighted by Gasteiger charge is -2.28. The van der Waals surface area contributed by atoms with Gasteiger partial charge in [0, 0.05) is 21.5 Å². The number of rotatable bonds is 6. The van der Waals surface area contributed by atoms with Crippen LogP contribution in [0.15, 0.2) is 56.3 Å². The molecule has 0 saturated carbocycles. The third kappa shape index (κ3) is 5.83. The summed E-state index contributed by atoms with van der Waals surface area (Å²) in [5.74, 6) is 0. The number of para-hydroxylation sites is 1. The van der Waals surface area contributed by atoms with E-state index in [1.54, 1.807) is 12.1 Å². The lowest BCUT2D eigenvalue weighted by Crippen LogP contribution is -2.42. The van der Waals surface area contributed by atoms with Gasteiger partial charge in [0.2, 0.25) is 10.0 Å². The Hall–Kier alpha value is -2.34. The molecule has 8 nitrogen and oxygen atoms in total. The van der Waals surface area contributed by atoms with Crippen molar-refractivity contribution in [3.05, 3.63) is 57.0 Å². The third-order valence-electron chi connectivity index (χ3n) is 5.17. The lowest BCUT2D eigenvalue weighted by atomic mass is 10.1. The van der Waals surface area contributed by atoms with Crippen molar-refractivity contribution in [2.45, 2.75) is 29.6 Å². The summed E-state index contributed by atoms with van der Waals surface area (Å²) < 4.78 is 69.4. The molecular formula is C20H17Br2F3N4O4S. The van der Waals surface area contributed by atoms with Crippen molar-refractivity contribution in [3.63, 3.8) is 0 Å². The van der Waals surface area contributed by atoms with Crippen LogP contribution < -0.4 is 9.62 Å². The molecule has 182 valence electrons. The molecule has 1 amide bonds. The van der Waals surface area contributed by atoms with Gasteiger partial charge in [-0.15, -0.1) is 0 Å². The van der Waals surface area contributed by atoms with Gasteiger partial charge in [0.1, 0.15) is 0 Å². The predicted molar refractivity (Wildman–Crippen MR) is 123 cm³/mol. The van der Waals surface area contributed by atoms with Crippen molar-refractivity contribution in [3.8, 4) is 6.19 Å². The fourth-order valence-corrected chi connectivity index (χ4v) is 6.44. The molecule has 2 N–H and O–H groups in total. The van der Waals surface area contributed by atoms with Crippen LogP contribution in [0.25, 0.3) is 0 Å². The predicted octanol–water partition coefficient (Wildman–Crippen LogP) is 4.62. The van der Waals surface area contributed by atoms with Gasteiger partial charge < -0.3 is 10.0 Å². The first-order valence-corrected chi connectivity index (χ1v) is 12.7. The minimum Gasteiger partial charge on any atom is -0.465 e. The van der Waals surface area contributed by atoms with Gasteiger partial charge in [0.25, 0.3) is 0 Å². The number of amides is 1. The van der Waals surface area contributed by atoms with Gasteiger partial charge in [0.15, 0.2) is 6.19 Å².